The van der Waals surface area contributed by atoms with Crippen LogP contribution in [-0.2, 0) is 27.2 Å². The zero-order valence-corrected chi connectivity index (χ0v) is 22.0. The summed E-state index contributed by atoms with van der Waals surface area (Å²) in [4.78, 5) is 40.2. The zero-order chi connectivity index (χ0) is 27.1. The third-order valence-electron chi connectivity index (χ3n) is 6.03. The number of para-hydroxylation sites is 1. The predicted molar refractivity (Wildman–Crippen MR) is 148 cm³/mol. The minimum absolute atomic E-state index is 0.132. The number of carbonyl (C=O) groups excluding carboxylic acids is 3. The van der Waals surface area contributed by atoms with Crippen molar-refractivity contribution in [2.24, 2.45) is 0 Å². The van der Waals surface area contributed by atoms with E-state index in [4.69, 9.17) is 4.74 Å². The van der Waals surface area contributed by atoms with Crippen molar-refractivity contribution in [3.05, 3.63) is 106 Å². The summed E-state index contributed by atoms with van der Waals surface area (Å²) in [6.45, 7) is 4.08. The molecule has 38 heavy (non-hydrogen) atoms. The first-order chi connectivity index (χ1) is 18.4. The minimum atomic E-state index is -0.576. The lowest BCUT2D eigenvalue weighted by Crippen LogP contribution is -2.30. The number of nitriles is 1. The number of ether oxygens (including phenoxy) is 1. The average molecular weight is 526 g/mol. The molecule has 2 amide bonds. The molecule has 0 saturated carbocycles. The Bertz CT molecular complexity index is 1390. The van der Waals surface area contributed by atoms with Gasteiger partial charge in [-0.1, -0.05) is 61.2 Å². The van der Waals surface area contributed by atoms with E-state index >= 15 is 0 Å². The number of anilines is 2. The second kappa shape index (κ2) is 12.3. The minimum Gasteiger partial charge on any atom is -0.462 e. The molecular formula is C30H27N3O4S. The van der Waals surface area contributed by atoms with Crippen LogP contribution in [-0.4, -0.2) is 29.6 Å². The number of carbonyl (C=O) groups is 3. The first-order valence-corrected chi connectivity index (χ1v) is 13.2. The molecule has 1 heterocycles. The van der Waals surface area contributed by atoms with Crippen molar-refractivity contribution >= 4 is 40.9 Å². The van der Waals surface area contributed by atoms with Gasteiger partial charge in [-0.25, -0.2) is 4.79 Å². The van der Waals surface area contributed by atoms with Gasteiger partial charge in [0.2, 0.25) is 5.91 Å². The standard InChI is InChI=1S/C30H27N3O4S/c1-3-20-12-16-23(17-13-20)32-27(34)25(19-31)29-33(24-8-6-5-7-9-24)28(35)26(38-29)18-21-10-14-22(15-11-21)30(36)37-4-2/h5-17,26H,3-4,18H2,1-2H3,(H,32,34)/b29-25-/t26-/m0/s1. The van der Waals surface area contributed by atoms with Crippen LogP contribution in [0.4, 0.5) is 11.4 Å². The number of aryl methyl sites for hydroxylation is 1. The molecule has 192 valence electrons. The molecular weight excluding hydrogens is 498 g/mol. The van der Waals surface area contributed by atoms with Crippen LogP contribution in [0.2, 0.25) is 0 Å². The molecule has 0 bridgehead atoms. The van der Waals surface area contributed by atoms with Crippen LogP contribution < -0.4 is 10.2 Å². The quantitative estimate of drug-likeness (QED) is 0.237. The summed E-state index contributed by atoms with van der Waals surface area (Å²) in [7, 11) is 0. The van der Waals surface area contributed by atoms with Crippen LogP contribution in [0.1, 0.15) is 35.3 Å². The van der Waals surface area contributed by atoms with E-state index in [9.17, 15) is 19.6 Å². The molecule has 1 aliphatic heterocycles. The van der Waals surface area contributed by atoms with Gasteiger partial charge in [0, 0.05) is 11.4 Å². The maximum Gasteiger partial charge on any atom is 0.338 e. The number of hydrogen-bond acceptors (Lipinski definition) is 6. The highest BCUT2D eigenvalue weighted by Gasteiger charge is 2.40. The normalized spacial score (nSPS) is 16.1. The number of benzene rings is 3. The molecule has 0 aromatic heterocycles. The van der Waals surface area contributed by atoms with Crippen molar-refractivity contribution < 1.29 is 19.1 Å². The topological polar surface area (TPSA) is 99.5 Å². The lowest BCUT2D eigenvalue weighted by atomic mass is 10.1. The molecule has 3 aromatic rings. The molecule has 0 aliphatic carbocycles. The van der Waals surface area contributed by atoms with Gasteiger partial charge >= 0.3 is 5.97 Å². The van der Waals surface area contributed by atoms with Gasteiger partial charge < -0.3 is 10.1 Å². The molecule has 1 fully saturated rings. The molecule has 8 heteroatoms. The first kappa shape index (κ1) is 26.7. The highest BCUT2D eigenvalue weighted by molar-refractivity contribution is 8.05. The monoisotopic (exact) mass is 525 g/mol. The largest absolute Gasteiger partial charge is 0.462 e. The highest BCUT2D eigenvalue weighted by atomic mass is 32.2. The van der Waals surface area contributed by atoms with Gasteiger partial charge in [-0.3, -0.25) is 14.5 Å². The molecule has 0 unspecified atom stereocenters. The summed E-state index contributed by atoms with van der Waals surface area (Å²) in [6, 6.07) is 25.3. The third-order valence-corrected chi connectivity index (χ3v) is 7.29. The van der Waals surface area contributed by atoms with E-state index in [1.54, 1.807) is 67.6 Å². The Morgan fingerprint density at radius 1 is 0.974 bits per heavy atom. The fourth-order valence-corrected chi connectivity index (χ4v) is 5.33. The highest BCUT2D eigenvalue weighted by Crippen LogP contribution is 2.42. The Labute approximate surface area is 226 Å². The molecule has 0 spiro atoms. The summed E-state index contributed by atoms with van der Waals surface area (Å²) >= 11 is 1.19. The zero-order valence-electron chi connectivity index (χ0n) is 21.1. The maximum absolute atomic E-state index is 13.6. The lowest BCUT2D eigenvalue weighted by molar-refractivity contribution is -0.117. The van der Waals surface area contributed by atoms with E-state index in [0.717, 1.165) is 17.5 Å². The molecule has 4 rings (SSSR count). The van der Waals surface area contributed by atoms with E-state index < -0.39 is 17.1 Å². The van der Waals surface area contributed by atoms with E-state index in [0.29, 0.717) is 28.4 Å². The van der Waals surface area contributed by atoms with Crippen LogP contribution in [0.3, 0.4) is 0 Å². The molecule has 1 saturated heterocycles. The van der Waals surface area contributed by atoms with Crippen molar-refractivity contribution in [3.8, 4) is 6.07 Å². The van der Waals surface area contributed by atoms with Gasteiger partial charge in [-0.15, -0.1) is 0 Å². The molecule has 3 aromatic carbocycles. The summed E-state index contributed by atoms with van der Waals surface area (Å²) in [5.41, 5.74) is 3.42. The number of nitrogens with zero attached hydrogens (tertiary/aromatic N) is 2. The van der Waals surface area contributed by atoms with Gasteiger partial charge in [0.1, 0.15) is 16.7 Å². The van der Waals surface area contributed by atoms with Crippen molar-refractivity contribution in [2.45, 2.75) is 31.9 Å². The van der Waals surface area contributed by atoms with Gasteiger partial charge in [-0.05, 0) is 67.3 Å². The Morgan fingerprint density at radius 2 is 1.63 bits per heavy atom. The maximum atomic E-state index is 13.6. The smallest absolute Gasteiger partial charge is 0.338 e. The average Bonchev–Trinajstić information content (AvgIpc) is 3.25. The van der Waals surface area contributed by atoms with Crippen LogP contribution in [0.5, 0.6) is 0 Å². The van der Waals surface area contributed by atoms with Crippen LogP contribution >= 0.6 is 11.8 Å². The Hall–Kier alpha value is -4.35. The number of hydrogen-bond donors (Lipinski definition) is 1. The summed E-state index contributed by atoms with van der Waals surface area (Å²) in [6.07, 6.45) is 1.23. The number of nitrogens with one attached hydrogen (secondary N) is 1. The fraction of sp³-hybridized carbons (Fsp3) is 0.200. The molecule has 0 radical (unpaired) electrons. The summed E-state index contributed by atoms with van der Waals surface area (Å²) < 4.78 is 5.03. The van der Waals surface area contributed by atoms with E-state index in [2.05, 4.69) is 5.32 Å². The molecule has 1 N–H and O–H groups in total. The number of esters is 1. The van der Waals surface area contributed by atoms with Gasteiger partial charge in [0.05, 0.1) is 17.4 Å². The molecule has 1 atom stereocenters. The van der Waals surface area contributed by atoms with E-state index in [1.807, 2.05) is 31.2 Å². The van der Waals surface area contributed by atoms with Crippen LogP contribution in [0.15, 0.2) is 89.5 Å². The predicted octanol–water partition coefficient (Wildman–Crippen LogP) is 5.49. The van der Waals surface area contributed by atoms with Crippen molar-refractivity contribution in [1.29, 1.82) is 5.26 Å². The summed E-state index contributed by atoms with van der Waals surface area (Å²) in [5, 5.41) is 12.5. The second-order valence-electron chi connectivity index (χ2n) is 8.53. The van der Waals surface area contributed by atoms with Crippen molar-refractivity contribution in [2.75, 3.05) is 16.8 Å². The Kier molecular flexibility index (Phi) is 8.62. The lowest BCUT2D eigenvalue weighted by Gasteiger charge is -2.18. The second-order valence-corrected chi connectivity index (χ2v) is 9.73. The number of thioether (sulfide) groups is 1. The third kappa shape index (κ3) is 5.96. The number of rotatable bonds is 8. The summed E-state index contributed by atoms with van der Waals surface area (Å²) in [5.74, 6) is -1.20. The van der Waals surface area contributed by atoms with Crippen molar-refractivity contribution in [3.63, 3.8) is 0 Å². The van der Waals surface area contributed by atoms with Gasteiger partial charge in [0.25, 0.3) is 5.91 Å². The molecule has 1 aliphatic rings. The fourth-order valence-electron chi connectivity index (χ4n) is 4.02. The van der Waals surface area contributed by atoms with E-state index in [-0.39, 0.29) is 18.1 Å². The van der Waals surface area contributed by atoms with Crippen molar-refractivity contribution in [1.82, 2.24) is 0 Å². The van der Waals surface area contributed by atoms with Gasteiger partial charge in [0.15, 0.2) is 0 Å². The Balaban J connectivity index is 1.63. The SMILES string of the molecule is CCOC(=O)c1ccc(C[C@@H]2S/C(=C(/C#N)C(=O)Nc3ccc(CC)cc3)N(c3ccccc3)C2=O)cc1. The number of amides is 2. The van der Waals surface area contributed by atoms with E-state index in [1.165, 1.54) is 16.7 Å². The van der Waals surface area contributed by atoms with Crippen LogP contribution in [0.25, 0.3) is 0 Å². The van der Waals surface area contributed by atoms with Gasteiger partial charge in [-0.2, -0.15) is 5.26 Å². The molecule has 7 nitrogen and oxygen atoms in total. The first-order valence-electron chi connectivity index (χ1n) is 12.3. The van der Waals surface area contributed by atoms with Crippen LogP contribution in [0, 0.1) is 11.3 Å². The Morgan fingerprint density at radius 3 is 2.24 bits per heavy atom.